The Morgan fingerprint density at radius 2 is 2.20 bits per heavy atom. The summed E-state index contributed by atoms with van der Waals surface area (Å²) in [6, 6.07) is 7.87. The van der Waals surface area contributed by atoms with Crippen LogP contribution in [0.3, 0.4) is 0 Å². The van der Waals surface area contributed by atoms with Crippen LogP contribution in [0.25, 0.3) is 11.6 Å². The van der Waals surface area contributed by atoms with E-state index in [1.807, 2.05) is 24.3 Å². The van der Waals surface area contributed by atoms with Gasteiger partial charge in [0, 0.05) is 25.1 Å². The molecular weight excluding hydrogens is 322 g/mol. The van der Waals surface area contributed by atoms with Gasteiger partial charge in [0.1, 0.15) is 11.4 Å². The maximum atomic E-state index is 12.4. The van der Waals surface area contributed by atoms with E-state index >= 15 is 0 Å². The highest BCUT2D eigenvalue weighted by atomic mass is 16.5. The summed E-state index contributed by atoms with van der Waals surface area (Å²) in [5, 5.41) is 6.78. The topological polar surface area (TPSA) is 106 Å². The number of H-pyrrole nitrogens is 1. The van der Waals surface area contributed by atoms with Gasteiger partial charge in [-0.25, -0.2) is 4.98 Å². The number of carbonyl (C=O) groups excluding carboxylic acids is 1. The van der Waals surface area contributed by atoms with E-state index in [0.717, 1.165) is 17.0 Å². The van der Waals surface area contributed by atoms with Gasteiger partial charge in [0.25, 0.3) is 5.91 Å². The van der Waals surface area contributed by atoms with Crippen molar-refractivity contribution in [3.05, 3.63) is 47.1 Å². The Labute approximate surface area is 143 Å². The number of rotatable bonds is 3. The molecule has 1 atom stereocenters. The summed E-state index contributed by atoms with van der Waals surface area (Å²) in [6.45, 7) is 2.24. The maximum absolute atomic E-state index is 12.4. The quantitative estimate of drug-likeness (QED) is 0.754. The predicted octanol–water partition coefficient (Wildman–Crippen LogP) is 1.85. The lowest BCUT2D eigenvalue weighted by Gasteiger charge is -2.15. The number of amides is 1. The Bertz CT molecular complexity index is 930. The number of hydrogen-bond acceptors (Lipinski definition) is 6. The molecule has 128 valence electrons. The van der Waals surface area contributed by atoms with Gasteiger partial charge in [-0.05, 0) is 24.1 Å². The SMILES string of the molecule is COc1cccc([C@H]2CNC(=O)c3nc(-c4noc(C)n4)[nH]c3C2)c1. The minimum absolute atomic E-state index is 0.112. The third-order valence-corrected chi connectivity index (χ3v) is 4.26. The number of aryl methyl sites for hydroxylation is 1. The molecule has 0 saturated carbocycles. The first kappa shape index (κ1) is 15.4. The molecule has 8 nitrogen and oxygen atoms in total. The summed E-state index contributed by atoms with van der Waals surface area (Å²) in [6.07, 6.45) is 0.644. The van der Waals surface area contributed by atoms with Crippen LogP contribution < -0.4 is 10.1 Å². The van der Waals surface area contributed by atoms with Crippen molar-refractivity contribution < 1.29 is 14.1 Å². The monoisotopic (exact) mass is 339 g/mol. The van der Waals surface area contributed by atoms with Gasteiger partial charge >= 0.3 is 0 Å². The molecule has 1 aromatic carbocycles. The molecule has 3 aromatic rings. The second-order valence-corrected chi connectivity index (χ2v) is 5.94. The number of imidazole rings is 1. The largest absolute Gasteiger partial charge is 0.497 e. The van der Waals surface area contributed by atoms with E-state index < -0.39 is 0 Å². The molecule has 0 aliphatic carbocycles. The fourth-order valence-corrected chi connectivity index (χ4v) is 3.00. The molecule has 2 N–H and O–H groups in total. The number of benzene rings is 1. The number of nitrogens with one attached hydrogen (secondary N) is 2. The summed E-state index contributed by atoms with van der Waals surface area (Å²) < 4.78 is 10.3. The van der Waals surface area contributed by atoms with Gasteiger partial charge in [-0.1, -0.05) is 17.3 Å². The van der Waals surface area contributed by atoms with Crippen molar-refractivity contribution in [1.82, 2.24) is 25.4 Å². The smallest absolute Gasteiger partial charge is 0.271 e. The van der Waals surface area contributed by atoms with Crippen LogP contribution in [0, 0.1) is 6.92 Å². The molecule has 1 aliphatic rings. The van der Waals surface area contributed by atoms with E-state index in [1.165, 1.54) is 0 Å². The predicted molar refractivity (Wildman–Crippen MR) is 88.4 cm³/mol. The van der Waals surface area contributed by atoms with Crippen LogP contribution in [0.5, 0.6) is 5.75 Å². The highest BCUT2D eigenvalue weighted by Gasteiger charge is 2.27. The number of aromatic amines is 1. The zero-order chi connectivity index (χ0) is 17.4. The molecule has 0 saturated heterocycles. The summed E-state index contributed by atoms with van der Waals surface area (Å²) in [5.74, 6) is 1.92. The molecule has 0 bridgehead atoms. The second-order valence-electron chi connectivity index (χ2n) is 5.94. The van der Waals surface area contributed by atoms with Crippen molar-refractivity contribution >= 4 is 5.91 Å². The number of nitrogens with zero attached hydrogens (tertiary/aromatic N) is 3. The van der Waals surface area contributed by atoms with E-state index in [9.17, 15) is 4.79 Å². The van der Waals surface area contributed by atoms with Crippen molar-refractivity contribution in [3.8, 4) is 17.4 Å². The summed E-state index contributed by atoms with van der Waals surface area (Å²) in [5.41, 5.74) is 2.24. The summed E-state index contributed by atoms with van der Waals surface area (Å²) >= 11 is 0. The summed E-state index contributed by atoms with van der Waals surface area (Å²) in [7, 11) is 1.64. The van der Waals surface area contributed by atoms with Gasteiger partial charge in [-0.15, -0.1) is 0 Å². The lowest BCUT2D eigenvalue weighted by atomic mass is 9.94. The van der Waals surface area contributed by atoms with Gasteiger partial charge in [-0.3, -0.25) is 4.79 Å². The van der Waals surface area contributed by atoms with Gasteiger partial charge in [0.15, 0.2) is 5.82 Å². The Balaban J connectivity index is 1.68. The number of methoxy groups -OCH3 is 1. The molecule has 2 aromatic heterocycles. The molecule has 1 aliphatic heterocycles. The number of fused-ring (bicyclic) bond motifs is 1. The maximum Gasteiger partial charge on any atom is 0.271 e. The Morgan fingerprint density at radius 3 is 2.96 bits per heavy atom. The summed E-state index contributed by atoms with van der Waals surface area (Å²) in [4.78, 5) is 24.1. The minimum Gasteiger partial charge on any atom is -0.497 e. The lowest BCUT2D eigenvalue weighted by Crippen LogP contribution is -2.26. The van der Waals surface area contributed by atoms with Gasteiger partial charge < -0.3 is 19.6 Å². The van der Waals surface area contributed by atoms with Crippen LogP contribution in [0.15, 0.2) is 28.8 Å². The molecule has 0 unspecified atom stereocenters. The van der Waals surface area contributed by atoms with E-state index in [2.05, 4.69) is 25.4 Å². The zero-order valence-electron chi connectivity index (χ0n) is 13.9. The first-order valence-corrected chi connectivity index (χ1v) is 7.95. The van der Waals surface area contributed by atoms with E-state index in [1.54, 1.807) is 14.0 Å². The average molecular weight is 339 g/mol. The van der Waals surface area contributed by atoms with Crippen molar-refractivity contribution in [3.63, 3.8) is 0 Å². The van der Waals surface area contributed by atoms with E-state index in [0.29, 0.717) is 36.2 Å². The van der Waals surface area contributed by atoms with Crippen LogP contribution in [-0.2, 0) is 6.42 Å². The third kappa shape index (κ3) is 2.86. The van der Waals surface area contributed by atoms with Gasteiger partial charge in [0.05, 0.1) is 7.11 Å². The molecule has 0 spiro atoms. The molecular formula is C17H17N5O3. The molecule has 25 heavy (non-hydrogen) atoms. The van der Waals surface area contributed by atoms with Crippen molar-refractivity contribution in [1.29, 1.82) is 0 Å². The third-order valence-electron chi connectivity index (χ3n) is 4.26. The van der Waals surface area contributed by atoms with Gasteiger partial charge in [-0.2, -0.15) is 4.98 Å². The first-order chi connectivity index (χ1) is 12.1. The average Bonchev–Trinajstić information content (AvgIpc) is 3.21. The molecule has 8 heteroatoms. The number of carbonyl (C=O) groups is 1. The Morgan fingerprint density at radius 1 is 1.32 bits per heavy atom. The first-order valence-electron chi connectivity index (χ1n) is 7.95. The fourth-order valence-electron chi connectivity index (χ4n) is 3.00. The number of hydrogen-bond donors (Lipinski definition) is 2. The molecule has 4 rings (SSSR count). The number of aromatic nitrogens is 4. The molecule has 0 radical (unpaired) electrons. The van der Waals surface area contributed by atoms with Crippen molar-refractivity contribution in [2.75, 3.05) is 13.7 Å². The van der Waals surface area contributed by atoms with Crippen LogP contribution in [0.2, 0.25) is 0 Å². The molecule has 1 amide bonds. The Kier molecular flexibility index (Phi) is 3.72. The normalized spacial score (nSPS) is 16.9. The number of ether oxygens (including phenoxy) is 1. The van der Waals surface area contributed by atoms with Crippen LogP contribution in [-0.4, -0.2) is 39.7 Å². The van der Waals surface area contributed by atoms with E-state index in [4.69, 9.17) is 9.26 Å². The van der Waals surface area contributed by atoms with Crippen LogP contribution in [0.4, 0.5) is 0 Å². The molecule has 0 fully saturated rings. The minimum atomic E-state index is -0.205. The standard InChI is InChI=1S/C17H17N5O3/c1-9-19-16(22-25-9)15-20-13-7-11(8-18-17(23)14(13)21-15)10-4-3-5-12(6-10)24-2/h3-6,11H,7-8H2,1-2H3,(H,18,23)(H,20,21)/t11-/m1/s1. The van der Waals surface area contributed by atoms with Crippen molar-refractivity contribution in [2.24, 2.45) is 0 Å². The van der Waals surface area contributed by atoms with Gasteiger partial charge in [0.2, 0.25) is 11.7 Å². The molecule has 3 heterocycles. The Hall–Kier alpha value is -3.16. The highest BCUT2D eigenvalue weighted by molar-refractivity contribution is 5.94. The van der Waals surface area contributed by atoms with Crippen molar-refractivity contribution in [2.45, 2.75) is 19.3 Å². The fraction of sp³-hybridized carbons (Fsp3) is 0.294. The van der Waals surface area contributed by atoms with Crippen LogP contribution in [0.1, 0.15) is 33.6 Å². The zero-order valence-corrected chi connectivity index (χ0v) is 13.9. The van der Waals surface area contributed by atoms with E-state index in [-0.39, 0.29) is 11.8 Å². The van der Waals surface area contributed by atoms with Crippen LogP contribution >= 0.6 is 0 Å². The second kappa shape index (κ2) is 6.04. The lowest BCUT2D eigenvalue weighted by molar-refractivity contribution is 0.0950. The highest BCUT2D eigenvalue weighted by Crippen LogP contribution is 2.28.